The number of rotatable bonds is 4. The Morgan fingerprint density at radius 1 is 1.60 bits per heavy atom. The van der Waals surface area contributed by atoms with Crippen molar-refractivity contribution in [1.82, 2.24) is 9.88 Å². The number of ether oxygens (including phenoxy) is 1. The molecule has 1 unspecified atom stereocenters. The van der Waals surface area contributed by atoms with Crippen molar-refractivity contribution in [2.45, 2.75) is 25.5 Å². The smallest absolute Gasteiger partial charge is 0.0732 e. The molecule has 0 bridgehead atoms. The van der Waals surface area contributed by atoms with Crippen molar-refractivity contribution >= 4 is 0 Å². The first-order valence-corrected chi connectivity index (χ1v) is 5.53. The monoisotopic (exact) mass is 206 g/mol. The molecule has 2 heterocycles. The first-order valence-electron chi connectivity index (χ1n) is 5.53. The Balaban J connectivity index is 1.71. The molecule has 0 spiro atoms. The highest BCUT2D eigenvalue weighted by Gasteiger charge is 2.20. The van der Waals surface area contributed by atoms with Gasteiger partial charge in [-0.15, -0.1) is 0 Å². The fraction of sp³-hybridized carbons (Fsp3) is 0.583. The van der Waals surface area contributed by atoms with Gasteiger partial charge in [-0.3, -0.25) is 4.98 Å². The van der Waals surface area contributed by atoms with Crippen LogP contribution in [-0.2, 0) is 11.3 Å². The second kappa shape index (κ2) is 5.24. The predicted octanol–water partition coefficient (Wildman–Crippen LogP) is 1.69. The molecule has 3 nitrogen and oxygen atoms in total. The van der Waals surface area contributed by atoms with Crippen LogP contribution in [0.1, 0.15) is 18.4 Å². The lowest BCUT2D eigenvalue weighted by molar-refractivity contribution is 0.0747. The van der Waals surface area contributed by atoms with Gasteiger partial charge in [-0.2, -0.15) is 0 Å². The summed E-state index contributed by atoms with van der Waals surface area (Å²) in [6, 6.07) is 4.60. The van der Waals surface area contributed by atoms with Crippen LogP contribution in [0.25, 0.3) is 0 Å². The molecule has 1 atom stereocenters. The van der Waals surface area contributed by atoms with Gasteiger partial charge in [0.15, 0.2) is 0 Å². The van der Waals surface area contributed by atoms with Gasteiger partial charge in [-0.05, 0) is 38.1 Å². The maximum absolute atomic E-state index is 5.69. The molecule has 0 saturated carbocycles. The molecule has 1 aromatic heterocycles. The molecule has 2 rings (SSSR count). The summed E-state index contributed by atoms with van der Waals surface area (Å²) in [6.45, 7) is 2.73. The van der Waals surface area contributed by atoms with Crippen LogP contribution in [0.5, 0.6) is 0 Å². The summed E-state index contributed by atoms with van der Waals surface area (Å²) < 4.78 is 5.69. The van der Waals surface area contributed by atoms with E-state index in [4.69, 9.17) is 4.74 Å². The molecule has 0 radical (unpaired) electrons. The molecular weight excluding hydrogens is 188 g/mol. The molecule has 0 aliphatic carbocycles. The Labute approximate surface area is 91.1 Å². The second-order valence-electron chi connectivity index (χ2n) is 4.15. The van der Waals surface area contributed by atoms with Gasteiger partial charge >= 0.3 is 0 Å². The highest BCUT2D eigenvalue weighted by Crippen LogP contribution is 2.15. The molecule has 15 heavy (non-hydrogen) atoms. The van der Waals surface area contributed by atoms with Crippen LogP contribution in [0.4, 0.5) is 0 Å². The van der Waals surface area contributed by atoms with Crippen LogP contribution in [0.15, 0.2) is 24.5 Å². The van der Waals surface area contributed by atoms with E-state index in [0.29, 0.717) is 12.6 Å². The summed E-state index contributed by atoms with van der Waals surface area (Å²) in [4.78, 5) is 6.44. The normalized spacial score (nSPS) is 22.1. The summed E-state index contributed by atoms with van der Waals surface area (Å²) in [6.07, 6.45) is 6.22. The lowest BCUT2D eigenvalue weighted by Crippen LogP contribution is -2.29. The summed E-state index contributed by atoms with van der Waals surface area (Å²) in [5.74, 6) is 0. The number of hydrogen-bond acceptors (Lipinski definition) is 3. The third kappa shape index (κ3) is 3.01. The van der Waals surface area contributed by atoms with Gasteiger partial charge in [0.1, 0.15) is 0 Å². The molecule has 82 valence electrons. The van der Waals surface area contributed by atoms with E-state index >= 15 is 0 Å². The number of likely N-dealkylation sites (N-methyl/N-ethyl adjacent to an activating group) is 1. The summed E-state index contributed by atoms with van der Waals surface area (Å²) in [5.41, 5.74) is 1.15. The van der Waals surface area contributed by atoms with Gasteiger partial charge in [0.05, 0.1) is 13.2 Å². The van der Waals surface area contributed by atoms with Crippen LogP contribution < -0.4 is 0 Å². The van der Waals surface area contributed by atoms with E-state index < -0.39 is 0 Å². The van der Waals surface area contributed by atoms with Gasteiger partial charge < -0.3 is 9.64 Å². The van der Waals surface area contributed by atoms with E-state index in [1.165, 1.54) is 19.4 Å². The molecule has 1 aromatic rings. The molecular formula is C12H18N2O. The van der Waals surface area contributed by atoms with Crippen LogP contribution in [0, 0.1) is 0 Å². The minimum atomic E-state index is 0.613. The van der Waals surface area contributed by atoms with Crippen molar-refractivity contribution in [2.75, 3.05) is 20.2 Å². The molecule has 1 aliphatic rings. The molecule has 1 fully saturated rings. The average Bonchev–Trinajstić information content (AvgIpc) is 2.66. The SMILES string of the molecule is CN1CCCC1COCc1cccnc1. The van der Waals surface area contributed by atoms with Gasteiger partial charge in [-0.1, -0.05) is 6.07 Å². The van der Waals surface area contributed by atoms with E-state index in [-0.39, 0.29) is 0 Å². The lowest BCUT2D eigenvalue weighted by atomic mass is 10.2. The third-order valence-corrected chi connectivity index (χ3v) is 2.97. The maximum atomic E-state index is 5.69. The fourth-order valence-corrected chi connectivity index (χ4v) is 1.99. The molecule has 3 heteroatoms. The van der Waals surface area contributed by atoms with Crippen molar-refractivity contribution in [2.24, 2.45) is 0 Å². The van der Waals surface area contributed by atoms with Crippen molar-refractivity contribution in [3.8, 4) is 0 Å². The standard InChI is InChI=1S/C12H18N2O/c1-14-7-3-5-12(14)10-15-9-11-4-2-6-13-8-11/h2,4,6,8,12H,3,5,7,9-10H2,1H3. The summed E-state index contributed by atoms with van der Waals surface area (Å²) >= 11 is 0. The third-order valence-electron chi connectivity index (χ3n) is 2.97. The van der Waals surface area contributed by atoms with E-state index in [0.717, 1.165) is 12.2 Å². The van der Waals surface area contributed by atoms with Crippen molar-refractivity contribution in [3.63, 3.8) is 0 Å². The Bertz CT molecular complexity index is 289. The van der Waals surface area contributed by atoms with E-state index in [1.54, 1.807) is 6.20 Å². The summed E-state index contributed by atoms with van der Waals surface area (Å²) in [7, 11) is 2.17. The van der Waals surface area contributed by atoms with Gasteiger partial charge in [0.25, 0.3) is 0 Å². The molecule has 0 amide bonds. The van der Waals surface area contributed by atoms with Crippen LogP contribution in [-0.4, -0.2) is 36.1 Å². The van der Waals surface area contributed by atoms with Crippen LogP contribution in [0.3, 0.4) is 0 Å². The van der Waals surface area contributed by atoms with E-state index in [9.17, 15) is 0 Å². The first-order chi connectivity index (χ1) is 7.36. The molecule has 0 N–H and O–H groups in total. The number of aromatic nitrogens is 1. The quantitative estimate of drug-likeness (QED) is 0.749. The Morgan fingerprint density at radius 3 is 3.20 bits per heavy atom. The minimum absolute atomic E-state index is 0.613. The van der Waals surface area contributed by atoms with Gasteiger partial charge in [0, 0.05) is 18.4 Å². The zero-order chi connectivity index (χ0) is 10.5. The van der Waals surface area contributed by atoms with Crippen LogP contribution >= 0.6 is 0 Å². The Morgan fingerprint density at radius 2 is 2.53 bits per heavy atom. The Hall–Kier alpha value is -0.930. The minimum Gasteiger partial charge on any atom is -0.375 e. The number of likely N-dealkylation sites (tertiary alicyclic amines) is 1. The molecule has 0 aromatic carbocycles. The van der Waals surface area contributed by atoms with E-state index in [2.05, 4.69) is 16.9 Å². The predicted molar refractivity (Wildman–Crippen MR) is 59.5 cm³/mol. The van der Waals surface area contributed by atoms with Crippen LogP contribution in [0.2, 0.25) is 0 Å². The second-order valence-corrected chi connectivity index (χ2v) is 4.15. The Kier molecular flexibility index (Phi) is 3.69. The largest absolute Gasteiger partial charge is 0.375 e. The zero-order valence-electron chi connectivity index (χ0n) is 9.22. The van der Waals surface area contributed by atoms with Crippen molar-refractivity contribution < 1.29 is 4.74 Å². The van der Waals surface area contributed by atoms with Gasteiger partial charge in [-0.25, -0.2) is 0 Å². The molecule has 1 saturated heterocycles. The van der Waals surface area contributed by atoms with Crippen molar-refractivity contribution in [1.29, 1.82) is 0 Å². The summed E-state index contributed by atoms with van der Waals surface area (Å²) in [5, 5.41) is 0. The lowest BCUT2D eigenvalue weighted by Gasteiger charge is -2.18. The van der Waals surface area contributed by atoms with Gasteiger partial charge in [0.2, 0.25) is 0 Å². The maximum Gasteiger partial charge on any atom is 0.0732 e. The highest BCUT2D eigenvalue weighted by atomic mass is 16.5. The number of hydrogen-bond donors (Lipinski definition) is 0. The first kappa shape index (κ1) is 10.6. The van der Waals surface area contributed by atoms with Crippen molar-refractivity contribution in [3.05, 3.63) is 30.1 Å². The highest BCUT2D eigenvalue weighted by molar-refractivity contribution is 5.06. The fourth-order valence-electron chi connectivity index (χ4n) is 1.99. The average molecular weight is 206 g/mol. The topological polar surface area (TPSA) is 25.4 Å². The molecule has 1 aliphatic heterocycles. The number of pyridine rings is 1. The van der Waals surface area contributed by atoms with E-state index in [1.807, 2.05) is 18.3 Å². The number of nitrogens with zero attached hydrogens (tertiary/aromatic N) is 2. The zero-order valence-corrected chi connectivity index (χ0v) is 9.22.